The maximum Gasteiger partial charge on any atom is 0.234 e. The topological polar surface area (TPSA) is 70.8 Å². The molecular formula is C15H14N4O3S. The van der Waals surface area contributed by atoms with Crippen LogP contribution in [-0.2, 0) is 0 Å². The van der Waals surface area contributed by atoms with Crippen LogP contribution in [0.25, 0.3) is 4.96 Å². The van der Waals surface area contributed by atoms with Gasteiger partial charge >= 0.3 is 0 Å². The minimum atomic E-state index is -0.172. The Labute approximate surface area is 135 Å². The lowest BCUT2D eigenvalue weighted by atomic mass is 10.3. The molecule has 0 N–H and O–H groups in total. The molecule has 0 saturated heterocycles. The van der Waals surface area contributed by atoms with E-state index in [-0.39, 0.29) is 12.9 Å². The van der Waals surface area contributed by atoms with Gasteiger partial charge in [0.25, 0.3) is 0 Å². The van der Waals surface area contributed by atoms with Crippen molar-refractivity contribution in [1.82, 2.24) is 19.8 Å². The molecule has 3 heterocycles. The predicted molar refractivity (Wildman–Crippen MR) is 82.2 cm³/mol. The third kappa shape index (κ3) is 2.21. The van der Waals surface area contributed by atoms with E-state index >= 15 is 0 Å². The molecule has 118 valence electrons. The van der Waals surface area contributed by atoms with Gasteiger partial charge in [-0.15, -0.1) is 10.2 Å². The third-order valence-corrected chi connectivity index (χ3v) is 5.04. The largest absolute Gasteiger partial charge is 0.483 e. The first-order valence-corrected chi connectivity index (χ1v) is 8.38. The van der Waals surface area contributed by atoms with Crippen LogP contribution in [0.15, 0.2) is 18.2 Å². The van der Waals surface area contributed by atoms with Gasteiger partial charge in [-0.3, -0.25) is 0 Å². The summed E-state index contributed by atoms with van der Waals surface area (Å²) < 4.78 is 18.5. The normalized spacial score (nSPS) is 17.6. The van der Waals surface area contributed by atoms with Crippen molar-refractivity contribution in [3.63, 3.8) is 0 Å². The Morgan fingerprint density at radius 3 is 3.00 bits per heavy atom. The number of fused-ring (bicyclic) bond motifs is 2. The summed E-state index contributed by atoms with van der Waals surface area (Å²) in [6.07, 6.45) is 2.18. The Morgan fingerprint density at radius 1 is 1.26 bits per heavy atom. The van der Waals surface area contributed by atoms with E-state index in [4.69, 9.17) is 14.2 Å². The van der Waals surface area contributed by atoms with Crippen molar-refractivity contribution in [3.8, 4) is 17.2 Å². The molecular weight excluding hydrogens is 316 g/mol. The van der Waals surface area contributed by atoms with Crippen molar-refractivity contribution >= 4 is 16.3 Å². The lowest BCUT2D eigenvalue weighted by Crippen LogP contribution is -2.04. The Bertz CT molecular complexity index is 886. The Hall–Kier alpha value is -2.35. The molecule has 1 aliphatic carbocycles. The van der Waals surface area contributed by atoms with Crippen LogP contribution in [0.1, 0.15) is 42.6 Å². The number of hydrogen-bond donors (Lipinski definition) is 0. The maximum absolute atomic E-state index is 5.99. The predicted octanol–water partition coefficient (Wildman–Crippen LogP) is 2.93. The van der Waals surface area contributed by atoms with Crippen LogP contribution in [0.5, 0.6) is 17.2 Å². The van der Waals surface area contributed by atoms with Crippen LogP contribution in [0.4, 0.5) is 0 Å². The highest BCUT2D eigenvalue weighted by molar-refractivity contribution is 7.16. The highest BCUT2D eigenvalue weighted by atomic mass is 32.1. The summed E-state index contributed by atoms with van der Waals surface area (Å²) in [7, 11) is 0. The van der Waals surface area contributed by atoms with Crippen molar-refractivity contribution in [2.24, 2.45) is 0 Å². The fourth-order valence-corrected chi connectivity index (χ4v) is 3.44. The van der Waals surface area contributed by atoms with E-state index in [0.717, 1.165) is 27.3 Å². The molecule has 0 amide bonds. The van der Waals surface area contributed by atoms with Crippen molar-refractivity contribution < 1.29 is 14.2 Å². The van der Waals surface area contributed by atoms with E-state index in [1.165, 1.54) is 24.2 Å². The highest BCUT2D eigenvalue weighted by Crippen LogP contribution is 2.40. The summed E-state index contributed by atoms with van der Waals surface area (Å²) >= 11 is 1.51. The molecule has 5 rings (SSSR count). The average Bonchev–Trinajstić information content (AvgIpc) is 2.98. The third-order valence-electron chi connectivity index (χ3n) is 3.98. The van der Waals surface area contributed by atoms with Gasteiger partial charge in [0.2, 0.25) is 11.8 Å². The van der Waals surface area contributed by atoms with Crippen LogP contribution in [-0.4, -0.2) is 26.6 Å². The molecule has 0 bridgehead atoms. The summed E-state index contributed by atoms with van der Waals surface area (Å²) in [5.41, 5.74) is 0. The maximum atomic E-state index is 5.99. The van der Waals surface area contributed by atoms with Gasteiger partial charge < -0.3 is 14.2 Å². The van der Waals surface area contributed by atoms with Gasteiger partial charge in [0.1, 0.15) is 11.9 Å². The zero-order valence-corrected chi connectivity index (χ0v) is 13.2. The molecule has 0 spiro atoms. The van der Waals surface area contributed by atoms with Gasteiger partial charge in [0, 0.05) is 12.0 Å². The molecule has 1 aliphatic heterocycles. The molecule has 8 heteroatoms. The standard InChI is InChI=1S/C15H14N4O3S/c1-8(22-10-4-5-11-12(6-10)21-7-20-11)14-18-19-13(9-2-3-9)16-17-15(19)23-14/h4-6,8-9H,2-3,7H2,1H3/t8-/m0/s1. The molecule has 1 saturated carbocycles. The summed E-state index contributed by atoms with van der Waals surface area (Å²) in [4.78, 5) is 0.822. The fraction of sp³-hybridized carbons (Fsp3) is 0.400. The number of nitrogens with zero attached hydrogens (tertiary/aromatic N) is 4. The van der Waals surface area contributed by atoms with Crippen LogP contribution >= 0.6 is 11.3 Å². The first-order chi connectivity index (χ1) is 11.3. The molecule has 0 radical (unpaired) electrons. The first kappa shape index (κ1) is 13.1. The van der Waals surface area contributed by atoms with E-state index in [0.29, 0.717) is 11.7 Å². The van der Waals surface area contributed by atoms with E-state index in [9.17, 15) is 0 Å². The molecule has 3 aromatic rings. The monoisotopic (exact) mass is 330 g/mol. The summed E-state index contributed by atoms with van der Waals surface area (Å²) in [6, 6.07) is 5.57. The second kappa shape index (κ2) is 4.82. The zero-order valence-electron chi connectivity index (χ0n) is 12.4. The zero-order chi connectivity index (χ0) is 15.4. The molecule has 2 aromatic heterocycles. The number of ether oxygens (including phenoxy) is 3. The Balaban J connectivity index is 1.40. The van der Waals surface area contributed by atoms with E-state index < -0.39 is 0 Å². The second-order valence-electron chi connectivity index (χ2n) is 5.74. The summed E-state index contributed by atoms with van der Waals surface area (Å²) in [5, 5.41) is 14.0. The van der Waals surface area contributed by atoms with Crippen LogP contribution in [0.2, 0.25) is 0 Å². The van der Waals surface area contributed by atoms with Gasteiger partial charge in [-0.05, 0) is 31.9 Å². The molecule has 2 aliphatic rings. The van der Waals surface area contributed by atoms with Crippen LogP contribution < -0.4 is 14.2 Å². The smallest absolute Gasteiger partial charge is 0.234 e. The second-order valence-corrected chi connectivity index (χ2v) is 6.73. The fourth-order valence-electron chi connectivity index (χ4n) is 2.61. The SMILES string of the molecule is C[C@H](Oc1ccc2c(c1)OCO2)c1nn2c(C3CC3)nnc2s1. The molecule has 0 unspecified atom stereocenters. The Morgan fingerprint density at radius 2 is 2.13 bits per heavy atom. The van der Waals surface area contributed by atoms with E-state index in [1.54, 1.807) is 0 Å². The van der Waals surface area contributed by atoms with Crippen molar-refractivity contribution in [3.05, 3.63) is 29.0 Å². The Kier molecular flexibility index (Phi) is 2.75. The van der Waals surface area contributed by atoms with Gasteiger partial charge in [-0.2, -0.15) is 9.61 Å². The molecule has 1 fully saturated rings. The van der Waals surface area contributed by atoms with Crippen LogP contribution in [0.3, 0.4) is 0 Å². The van der Waals surface area contributed by atoms with Crippen molar-refractivity contribution in [1.29, 1.82) is 0 Å². The summed E-state index contributed by atoms with van der Waals surface area (Å²) in [6.45, 7) is 2.24. The molecule has 23 heavy (non-hydrogen) atoms. The number of benzene rings is 1. The van der Waals surface area contributed by atoms with Gasteiger partial charge in [-0.1, -0.05) is 11.3 Å². The highest BCUT2D eigenvalue weighted by Gasteiger charge is 2.30. The van der Waals surface area contributed by atoms with Crippen molar-refractivity contribution in [2.75, 3.05) is 6.79 Å². The average molecular weight is 330 g/mol. The quantitative estimate of drug-likeness (QED) is 0.732. The van der Waals surface area contributed by atoms with Gasteiger partial charge in [-0.25, -0.2) is 0 Å². The number of aromatic nitrogens is 4. The van der Waals surface area contributed by atoms with Crippen LogP contribution in [0, 0.1) is 0 Å². The lowest BCUT2D eigenvalue weighted by Gasteiger charge is -2.12. The minimum Gasteiger partial charge on any atom is -0.483 e. The lowest BCUT2D eigenvalue weighted by molar-refractivity contribution is 0.173. The van der Waals surface area contributed by atoms with Gasteiger partial charge in [0.05, 0.1) is 0 Å². The number of rotatable bonds is 4. The molecule has 1 aromatic carbocycles. The summed E-state index contributed by atoms with van der Waals surface area (Å²) in [5.74, 6) is 3.68. The molecule has 7 nitrogen and oxygen atoms in total. The van der Waals surface area contributed by atoms with Gasteiger partial charge in [0.15, 0.2) is 22.3 Å². The van der Waals surface area contributed by atoms with E-state index in [2.05, 4.69) is 15.3 Å². The van der Waals surface area contributed by atoms with E-state index in [1.807, 2.05) is 29.6 Å². The molecule has 1 atom stereocenters. The van der Waals surface area contributed by atoms with Crippen molar-refractivity contribution in [2.45, 2.75) is 31.8 Å². The first-order valence-electron chi connectivity index (χ1n) is 7.56. The minimum absolute atomic E-state index is 0.172. The number of hydrogen-bond acceptors (Lipinski definition) is 7.